The monoisotopic (exact) mass is 346 g/mol. The summed E-state index contributed by atoms with van der Waals surface area (Å²) in [5, 5.41) is 10.1. The van der Waals surface area contributed by atoms with Gasteiger partial charge in [-0.15, -0.1) is 0 Å². The van der Waals surface area contributed by atoms with E-state index < -0.39 is 0 Å². The second-order valence-corrected chi connectivity index (χ2v) is 9.96. The van der Waals surface area contributed by atoms with Crippen molar-refractivity contribution >= 4 is 11.6 Å². The largest absolute Gasteiger partial charge is 0.393 e. The molecule has 0 bridgehead atoms. The zero-order chi connectivity index (χ0) is 18.0. The van der Waals surface area contributed by atoms with E-state index in [1.54, 1.807) is 13.8 Å². The number of rotatable bonds is 2. The fourth-order valence-corrected chi connectivity index (χ4v) is 8.16. The smallest absolute Gasteiger partial charge is 0.136 e. The first-order chi connectivity index (χ1) is 11.8. The van der Waals surface area contributed by atoms with E-state index in [1.165, 1.54) is 12.8 Å². The van der Waals surface area contributed by atoms with Crippen LogP contribution in [0.2, 0.25) is 0 Å². The van der Waals surface area contributed by atoms with Crippen molar-refractivity contribution in [1.29, 1.82) is 0 Å². The Morgan fingerprint density at radius 1 is 0.920 bits per heavy atom. The first-order valence-corrected chi connectivity index (χ1v) is 10.5. The summed E-state index contributed by atoms with van der Waals surface area (Å²) in [4.78, 5) is 25.1. The average Bonchev–Trinajstić information content (AvgIpc) is 2.96. The standard InChI is InChI=1S/C22H34O3/c1-13(23)18-6-7-20-17-5-4-15-12-16(25)8-10-21(15,3)19(17)9-11-22(18,20)14(2)24/h15-20,25H,4-12H2,1-3H3/t15-,16+,17+,18+,19-,20-,21-,22?/m0/s1. The maximum absolute atomic E-state index is 12.8. The summed E-state index contributed by atoms with van der Waals surface area (Å²) in [5.41, 5.74) is -0.0240. The van der Waals surface area contributed by atoms with Gasteiger partial charge < -0.3 is 5.11 Å². The minimum atomic E-state index is -0.357. The molecule has 0 heterocycles. The van der Waals surface area contributed by atoms with E-state index in [9.17, 15) is 14.7 Å². The molecule has 0 spiro atoms. The van der Waals surface area contributed by atoms with E-state index in [-0.39, 0.29) is 29.0 Å². The highest BCUT2D eigenvalue weighted by molar-refractivity contribution is 5.91. The minimum absolute atomic E-state index is 0.0327. The van der Waals surface area contributed by atoms with Crippen LogP contribution in [-0.4, -0.2) is 22.8 Å². The van der Waals surface area contributed by atoms with E-state index in [4.69, 9.17) is 0 Å². The number of aliphatic hydroxyl groups excluding tert-OH is 1. The zero-order valence-corrected chi connectivity index (χ0v) is 16.1. The molecule has 4 aliphatic rings. The first-order valence-electron chi connectivity index (χ1n) is 10.5. The van der Waals surface area contributed by atoms with E-state index >= 15 is 0 Å². The second-order valence-electron chi connectivity index (χ2n) is 9.96. The molecule has 0 aliphatic heterocycles. The molecule has 0 aromatic heterocycles. The Bertz CT molecular complexity index is 584. The summed E-state index contributed by atoms with van der Waals surface area (Å²) < 4.78 is 0. The summed E-state index contributed by atoms with van der Waals surface area (Å²) in [5.74, 6) is 2.83. The van der Waals surface area contributed by atoms with Crippen molar-refractivity contribution in [3.8, 4) is 0 Å². The predicted molar refractivity (Wildman–Crippen MR) is 96.9 cm³/mol. The summed E-state index contributed by atoms with van der Waals surface area (Å²) >= 11 is 0. The van der Waals surface area contributed by atoms with Gasteiger partial charge in [-0.25, -0.2) is 0 Å². The molecule has 0 aromatic rings. The summed E-state index contributed by atoms with van der Waals surface area (Å²) in [6, 6.07) is 0. The Morgan fingerprint density at radius 3 is 2.36 bits per heavy atom. The van der Waals surface area contributed by atoms with Crippen LogP contribution in [0.15, 0.2) is 0 Å². The van der Waals surface area contributed by atoms with Gasteiger partial charge >= 0.3 is 0 Å². The van der Waals surface area contributed by atoms with Crippen molar-refractivity contribution in [3.05, 3.63) is 0 Å². The molecule has 3 heteroatoms. The number of carbonyl (C=O) groups excluding carboxylic acids is 2. The molecule has 0 amide bonds. The molecule has 1 unspecified atom stereocenters. The van der Waals surface area contributed by atoms with Crippen LogP contribution in [0, 0.1) is 40.4 Å². The highest BCUT2D eigenvalue weighted by Gasteiger charge is 2.64. The minimum Gasteiger partial charge on any atom is -0.393 e. The fraction of sp³-hybridized carbons (Fsp3) is 0.909. The molecule has 1 N–H and O–H groups in total. The van der Waals surface area contributed by atoms with Gasteiger partial charge in [0.1, 0.15) is 11.6 Å². The molecule has 0 saturated heterocycles. The topological polar surface area (TPSA) is 54.4 Å². The highest BCUT2D eigenvalue weighted by atomic mass is 16.3. The third-order valence-corrected chi connectivity index (χ3v) is 9.30. The van der Waals surface area contributed by atoms with Crippen LogP contribution in [0.3, 0.4) is 0 Å². The first kappa shape index (κ1) is 17.7. The van der Waals surface area contributed by atoms with Gasteiger partial charge in [-0.1, -0.05) is 6.92 Å². The van der Waals surface area contributed by atoms with Crippen LogP contribution < -0.4 is 0 Å². The van der Waals surface area contributed by atoms with Crippen LogP contribution >= 0.6 is 0 Å². The van der Waals surface area contributed by atoms with E-state index in [1.807, 2.05) is 0 Å². The molecule has 8 atom stereocenters. The molecule has 0 aromatic carbocycles. The average molecular weight is 347 g/mol. The van der Waals surface area contributed by atoms with Gasteiger partial charge in [0.2, 0.25) is 0 Å². The maximum atomic E-state index is 12.8. The molecular formula is C22H34O3. The molecule has 140 valence electrons. The lowest BCUT2D eigenvalue weighted by Gasteiger charge is -2.60. The van der Waals surface area contributed by atoms with Crippen LogP contribution in [0.25, 0.3) is 0 Å². The van der Waals surface area contributed by atoms with E-state index in [0.29, 0.717) is 29.1 Å². The fourth-order valence-electron chi connectivity index (χ4n) is 8.16. The van der Waals surface area contributed by atoms with E-state index in [0.717, 1.165) is 44.9 Å². The van der Waals surface area contributed by atoms with Gasteiger partial charge in [-0.2, -0.15) is 0 Å². The molecule has 4 aliphatic carbocycles. The number of aliphatic hydroxyl groups is 1. The molecule has 25 heavy (non-hydrogen) atoms. The van der Waals surface area contributed by atoms with Crippen molar-refractivity contribution in [3.63, 3.8) is 0 Å². The Balaban J connectivity index is 1.67. The van der Waals surface area contributed by atoms with Crippen LogP contribution in [0.5, 0.6) is 0 Å². The Kier molecular flexibility index (Phi) is 4.18. The van der Waals surface area contributed by atoms with Gasteiger partial charge in [-0.05, 0) is 101 Å². The molecular weight excluding hydrogens is 312 g/mol. The summed E-state index contributed by atoms with van der Waals surface area (Å²) in [7, 11) is 0. The molecule has 3 nitrogen and oxygen atoms in total. The Hall–Kier alpha value is -0.700. The van der Waals surface area contributed by atoms with Gasteiger partial charge in [-0.3, -0.25) is 9.59 Å². The number of ketones is 2. The third kappa shape index (κ3) is 2.33. The number of hydrogen-bond acceptors (Lipinski definition) is 3. The second kappa shape index (κ2) is 5.90. The van der Waals surface area contributed by atoms with Gasteiger partial charge in [0.05, 0.1) is 6.10 Å². The number of carbonyl (C=O) groups is 2. The van der Waals surface area contributed by atoms with Crippen LogP contribution in [-0.2, 0) is 9.59 Å². The molecule has 4 rings (SSSR count). The van der Waals surface area contributed by atoms with Gasteiger partial charge in [0.25, 0.3) is 0 Å². The SMILES string of the molecule is CC(=O)[C@H]1CC[C@H]2[C@@H]3CC[C@H]4C[C@H](O)CC[C@]4(C)[C@H]3CCC12C(C)=O. The third-order valence-electron chi connectivity index (χ3n) is 9.30. The normalized spacial score (nSPS) is 52.0. The number of Topliss-reactive ketones (excluding diaryl/α,β-unsaturated/α-hetero) is 2. The molecule has 4 saturated carbocycles. The van der Waals surface area contributed by atoms with Gasteiger partial charge in [0, 0.05) is 11.3 Å². The van der Waals surface area contributed by atoms with Gasteiger partial charge in [0.15, 0.2) is 0 Å². The lowest BCUT2D eigenvalue weighted by Crippen LogP contribution is -2.56. The van der Waals surface area contributed by atoms with E-state index in [2.05, 4.69) is 6.92 Å². The lowest BCUT2D eigenvalue weighted by molar-refractivity contribution is -0.157. The number of fused-ring (bicyclic) bond motifs is 5. The predicted octanol–water partition coefficient (Wildman–Crippen LogP) is 4.16. The van der Waals surface area contributed by atoms with Crippen molar-refractivity contribution in [2.45, 2.75) is 84.7 Å². The maximum Gasteiger partial charge on any atom is 0.136 e. The van der Waals surface area contributed by atoms with Crippen LogP contribution in [0.4, 0.5) is 0 Å². The van der Waals surface area contributed by atoms with Crippen molar-refractivity contribution in [2.75, 3.05) is 0 Å². The molecule has 0 radical (unpaired) electrons. The lowest BCUT2D eigenvalue weighted by atomic mass is 9.44. The summed E-state index contributed by atoms with van der Waals surface area (Å²) in [6.07, 6.45) is 9.34. The zero-order valence-electron chi connectivity index (χ0n) is 16.1. The van der Waals surface area contributed by atoms with Crippen molar-refractivity contribution < 1.29 is 14.7 Å². The number of hydrogen-bond donors (Lipinski definition) is 1. The Labute approximate surface area is 151 Å². The highest BCUT2D eigenvalue weighted by Crippen LogP contribution is 2.67. The molecule has 4 fully saturated rings. The Morgan fingerprint density at radius 2 is 1.68 bits per heavy atom. The van der Waals surface area contributed by atoms with Crippen LogP contribution in [0.1, 0.15) is 78.6 Å². The quantitative estimate of drug-likeness (QED) is 0.816. The summed E-state index contributed by atoms with van der Waals surface area (Å²) in [6.45, 7) is 5.92. The van der Waals surface area contributed by atoms with Crippen molar-refractivity contribution in [2.24, 2.45) is 40.4 Å². The van der Waals surface area contributed by atoms with Crippen molar-refractivity contribution in [1.82, 2.24) is 0 Å².